The highest BCUT2D eigenvalue weighted by Crippen LogP contribution is 2.24. The van der Waals surface area contributed by atoms with Crippen LogP contribution in [0.15, 0.2) is 33.6 Å². The van der Waals surface area contributed by atoms with Crippen LogP contribution in [0.4, 0.5) is 0 Å². The summed E-state index contributed by atoms with van der Waals surface area (Å²) in [5.41, 5.74) is 5.14. The number of primary amides is 1. The molecule has 0 unspecified atom stereocenters. The van der Waals surface area contributed by atoms with Gasteiger partial charge in [-0.25, -0.2) is 0 Å². The Bertz CT molecular complexity index is 299. The van der Waals surface area contributed by atoms with Crippen LogP contribution in [0.5, 0.6) is 0 Å². The molecule has 0 heterocycles. The second kappa shape index (κ2) is 4.67. The summed E-state index contributed by atoms with van der Waals surface area (Å²) in [4.78, 5) is 11.8. The standard InChI is InChI=1S/C9H10BrNOS/c1-6(9(11)12)13-8-4-2-7(10)3-5-8/h2-6H,1H3,(H2,11,12)/t6-/m1/s1. The molecule has 13 heavy (non-hydrogen) atoms. The molecule has 0 spiro atoms. The number of hydrogen-bond acceptors (Lipinski definition) is 2. The van der Waals surface area contributed by atoms with Crippen molar-refractivity contribution in [3.63, 3.8) is 0 Å². The van der Waals surface area contributed by atoms with Gasteiger partial charge >= 0.3 is 0 Å². The normalized spacial score (nSPS) is 12.5. The van der Waals surface area contributed by atoms with Crippen LogP contribution in [0.1, 0.15) is 6.92 Å². The number of nitrogens with two attached hydrogens (primary N) is 1. The van der Waals surface area contributed by atoms with E-state index in [9.17, 15) is 4.79 Å². The summed E-state index contributed by atoms with van der Waals surface area (Å²) >= 11 is 4.80. The highest BCUT2D eigenvalue weighted by atomic mass is 79.9. The van der Waals surface area contributed by atoms with Crippen molar-refractivity contribution in [2.45, 2.75) is 17.1 Å². The number of amides is 1. The van der Waals surface area contributed by atoms with Crippen LogP contribution in [0.2, 0.25) is 0 Å². The van der Waals surface area contributed by atoms with Gasteiger partial charge in [0, 0.05) is 9.37 Å². The molecule has 1 amide bonds. The van der Waals surface area contributed by atoms with E-state index in [1.807, 2.05) is 24.3 Å². The van der Waals surface area contributed by atoms with Crippen LogP contribution >= 0.6 is 27.7 Å². The molecule has 0 aliphatic carbocycles. The van der Waals surface area contributed by atoms with E-state index < -0.39 is 0 Å². The molecular formula is C9H10BrNOS. The summed E-state index contributed by atoms with van der Waals surface area (Å²) in [5, 5.41) is -0.179. The monoisotopic (exact) mass is 259 g/mol. The topological polar surface area (TPSA) is 43.1 Å². The molecule has 0 aliphatic rings. The van der Waals surface area contributed by atoms with Gasteiger partial charge in [-0.05, 0) is 31.2 Å². The Morgan fingerprint density at radius 1 is 1.46 bits per heavy atom. The first kappa shape index (κ1) is 10.6. The maximum absolute atomic E-state index is 10.8. The third kappa shape index (κ3) is 3.40. The van der Waals surface area contributed by atoms with Gasteiger partial charge in [0.05, 0.1) is 5.25 Å². The minimum Gasteiger partial charge on any atom is -0.369 e. The number of halogens is 1. The van der Waals surface area contributed by atoms with Crippen molar-refractivity contribution < 1.29 is 4.79 Å². The molecule has 1 aromatic carbocycles. The van der Waals surface area contributed by atoms with E-state index in [0.717, 1.165) is 9.37 Å². The van der Waals surface area contributed by atoms with Crippen molar-refractivity contribution in [1.82, 2.24) is 0 Å². The van der Waals surface area contributed by atoms with Crippen LogP contribution in [-0.4, -0.2) is 11.2 Å². The molecule has 0 saturated carbocycles. The van der Waals surface area contributed by atoms with Gasteiger partial charge in [0.15, 0.2) is 0 Å². The van der Waals surface area contributed by atoms with E-state index in [0.29, 0.717) is 0 Å². The molecule has 0 aliphatic heterocycles. The fraction of sp³-hybridized carbons (Fsp3) is 0.222. The molecule has 2 nitrogen and oxygen atoms in total. The Kier molecular flexibility index (Phi) is 3.81. The lowest BCUT2D eigenvalue weighted by Gasteiger charge is -2.06. The molecule has 70 valence electrons. The van der Waals surface area contributed by atoms with Crippen molar-refractivity contribution in [3.8, 4) is 0 Å². The Morgan fingerprint density at radius 2 is 2.00 bits per heavy atom. The van der Waals surface area contributed by atoms with Crippen LogP contribution < -0.4 is 5.73 Å². The lowest BCUT2D eigenvalue weighted by atomic mass is 10.4. The van der Waals surface area contributed by atoms with Gasteiger partial charge in [-0.2, -0.15) is 0 Å². The van der Waals surface area contributed by atoms with Crippen molar-refractivity contribution in [3.05, 3.63) is 28.7 Å². The summed E-state index contributed by atoms with van der Waals surface area (Å²) in [6.07, 6.45) is 0. The van der Waals surface area contributed by atoms with E-state index in [-0.39, 0.29) is 11.2 Å². The number of benzene rings is 1. The smallest absolute Gasteiger partial charge is 0.230 e. The molecule has 0 saturated heterocycles. The van der Waals surface area contributed by atoms with Crippen LogP contribution in [-0.2, 0) is 4.79 Å². The summed E-state index contributed by atoms with van der Waals surface area (Å²) in [6, 6.07) is 7.79. The quantitative estimate of drug-likeness (QED) is 0.848. The third-order valence-electron chi connectivity index (χ3n) is 1.53. The summed E-state index contributed by atoms with van der Waals surface area (Å²) in [7, 11) is 0. The lowest BCUT2D eigenvalue weighted by Crippen LogP contribution is -2.22. The predicted octanol–water partition coefficient (Wildman–Crippen LogP) is 2.42. The molecule has 1 atom stereocenters. The zero-order valence-electron chi connectivity index (χ0n) is 7.16. The summed E-state index contributed by atoms with van der Waals surface area (Å²) in [5.74, 6) is -0.284. The zero-order valence-corrected chi connectivity index (χ0v) is 9.56. The van der Waals surface area contributed by atoms with Gasteiger partial charge in [0.1, 0.15) is 0 Å². The van der Waals surface area contributed by atoms with Gasteiger partial charge in [-0.1, -0.05) is 15.9 Å². The van der Waals surface area contributed by atoms with Crippen molar-refractivity contribution in [2.24, 2.45) is 5.73 Å². The fourth-order valence-electron chi connectivity index (χ4n) is 0.775. The molecular weight excluding hydrogens is 250 g/mol. The maximum atomic E-state index is 10.8. The third-order valence-corrected chi connectivity index (χ3v) is 3.19. The van der Waals surface area contributed by atoms with Gasteiger partial charge in [-0.15, -0.1) is 11.8 Å². The first-order valence-corrected chi connectivity index (χ1v) is 5.48. The van der Waals surface area contributed by atoms with E-state index in [2.05, 4.69) is 15.9 Å². The fourth-order valence-corrected chi connectivity index (χ4v) is 1.86. The SMILES string of the molecule is C[C@@H](Sc1ccc(Br)cc1)C(N)=O. The van der Waals surface area contributed by atoms with Crippen molar-refractivity contribution >= 4 is 33.6 Å². The van der Waals surface area contributed by atoms with E-state index in [4.69, 9.17) is 5.73 Å². The molecule has 4 heteroatoms. The first-order valence-electron chi connectivity index (χ1n) is 3.81. The number of rotatable bonds is 3. The Hall–Kier alpha value is -0.480. The lowest BCUT2D eigenvalue weighted by molar-refractivity contribution is -0.117. The van der Waals surface area contributed by atoms with Crippen molar-refractivity contribution in [2.75, 3.05) is 0 Å². The first-order chi connectivity index (χ1) is 6.09. The predicted molar refractivity (Wildman–Crippen MR) is 58.7 cm³/mol. The molecule has 0 bridgehead atoms. The van der Waals surface area contributed by atoms with Gasteiger partial charge in [-0.3, -0.25) is 4.79 Å². The molecule has 0 fully saturated rings. The Balaban J connectivity index is 2.64. The van der Waals surface area contributed by atoms with E-state index in [1.54, 1.807) is 6.92 Å². The average molecular weight is 260 g/mol. The van der Waals surface area contributed by atoms with E-state index >= 15 is 0 Å². The van der Waals surface area contributed by atoms with Gasteiger partial charge in [0.2, 0.25) is 5.91 Å². The Labute approximate surface area is 90.0 Å². The number of carbonyl (C=O) groups excluding carboxylic acids is 1. The van der Waals surface area contributed by atoms with E-state index in [1.165, 1.54) is 11.8 Å². The second-order valence-corrected chi connectivity index (χ2v) is 4.95. The average Bonchev–Trinajstić information content (AvgIpc) is 2.08. The summed E-state index contributed by atoms with van der Waals surface area (Å²) in [6.45, 7) is 1.80. The highest BCUT2D eigenvalue weighted by molar-refractivity contribution is 9.10. The number of thioether (sulfide) groups is 1. The van der Waals surface area contributed by atoms with Crippen LogP contribution in [0.3, 0.4) is 0 Å². The minimum absolute atomic E-state index is 0.179. The second-order valence-electron chi connectivity index (χ2n) is 2.62. The summed E-state index contributed by atoms with van der Waals surface area (Å²) < 4.78 is 1.03. The number of carbonyl (C=O) groups is 1. The maximum Gasteiger partial charge on any atom is 0.230 e. The zero-order chi connectivity index (χ0) is 9.84. The molecule has 2 N–H and O–H groups in total. The Morgan fingerprint density at radius 3 is 2.46 bits per heavy atom. The molecule has 1 rings (SSSR count). The molecule has 0 aromatic heterocycles. The van der Waals surface area contributed by atoms with Crippen LogP contribution in [0, 0.1) is 0 Å². The molecule has 0 radical (unpaired) electrons. The van der Waals surface area contributed by atoms with Crippen LogP contribution in [0.25, 0.3) is 0 Å². The van der Waals surface area contributed by atoms with Crippen molar-refractivity contribution in [1.29, 1.82) is 0 Å². The molecule has 1 aromatic rings. The number of hydrogen-bond donors (Lipinski definition) is 1. The largest absolute Gasteiger partial charge is 0.369 e. The van der Waals surface area contributed by atoms with Gasteiger partial charge in [0.25, 0.3) is 0 Å². The minimum atomic E-state index is -0.284. The van der Waals surface area contributed by atoms with Gasteiger partial charge < -0.3 is 5.73 Å². The highest BCUT2D eigenvalue weighted by Gasteiger charge is 2.09.